The topological polar surface area (TPSA) is 111 Å². The molecule has 2 aromatic rings. The molecule has 0 bridgehead atoms. The number of nitrogens with zero attached hydrogens (tertiary/aromatic N) is 4. The van der Waals surface area contributed by atoms with Crippen molar-refractivity contribution in [2.75, 3.05) is 11.9 Å². The van der Waals surface area contributed by atoms with Gasteiger partial charge < -0.3 is 15.0 Å². The molecule has 0 saturated heterocycles. The van der Waals surface area contributed by atoms with E-state index in [2.05, 4.69) is 10.3 Å². The monoisotopic (exact) mass is 295 g/mol. The molecule has 0 unspecified atom stereocenters. The Bertz CT molecular complexity index is 814. The maximum absolute atomic E-state index is 12.3. The van der Waals surface area contributed by atoms with Crippen molar-refractivity contribution in [2.24, 2.45) is 14.1 Å². The molecule has 0 fully saturated rings. The number of aromatic nitrogens is 4. The summed E-state index contributed by atoms with van der Waals surface area (Å²) in [6.45, 7) is 2.17. The first-order valence-electron chi connectivity index (χ1n) is 6.50. The lowest BCUT2D eigenvalue weighted by Gasteiger charge is -2.06. The maximum Gasteiger partial charge on any atom is 0.332 e. The number of nitrogens with one attached hydrogen (secondary N) is 1. The fourth-order valence-corrected chi connectivity index (χ4v) is 2.16. The van der Waals surface area contributed by atoms with Gasteiger partial charge in [0.1, 0.15) is 0 Å². The van der Waals surface area contributed by atoms with E-state index in [0.717, 1.165) is 4.57 Å². The number of fused-ring (bicyclic) bond motifs is 1. The van der Waals surface area contributed by atoms with E-state index in [1.165, 1.54) is 9.13 Å². The Balaban J connectivity index is 2.58. The Morgan fingerprint density at radius 3 is 2.52 bits per heavy atom. The summed E-state index contributed by atoms with van der Waals surface area (Å²) in [6.07, 6.45) is -0.0681. The molecule has 0 atom stereocenters. The van der Waals surface area contributed by atoms with Crippen molar-refractivity contribution in [2.45, 2.75) is 19.9 Å². The number of carboxylic acid groups (broad SMARTS) is 1. The van der Waals surface area contributed by atoms with Crippen LogP contribution in [0.15, 0.2) is 9.59 Å². The van der Waals surface area contributed by atoms with Crippen LogP contribution in [0.25, 0.3) is 11.2 Å². The van der Waals surface area contributed by atoms with E-state index in [1.807, 2.05) is 0 Å². The fourth-order valence-electron chi connectivity index (χ4n) is 2.16. The van der Waals surface area contributed by atoms with Crippen LogP contribution in [-0.2, 0) is 25.4 Å². The summed E-state index contributed by atoms with van der Waals surface area (Å²) in [6, 6.07) is 0. The number of carboxylic acids is 1. The number of carbonyl (C=O) groups is 1. The van der Waals surface area contributed by atoms with Crippen molar-refractivity contribution in [3.8, 4) is 0 Å². The molecule has 2 rings (SSSR count). The lowest BCUT2D eigenvalue weighted by Crippen LogP contribution is -2.39. The molecule has 0 saturated carbocycles. The van der Waals surface area contributed by atoms with Gasteiger partial charge in [-0.25, -0.2) is 4.79 Å². The number of aryl methyl sites for hydroxylation is 2. The Morgan fingerprint density at radius 2 is 1.95 bits per heavy atom. The average molecular weight is 295 g/mol. The molecule has 9 heteroatoms. The zero-order valence-electron chi connectivity index (χ0n) is 12.1. The zero-order chi connectivity index (χ0) is 15.7. The first-order chi connectivity index (χ1) is 9.88. The first-order valence-corrected chi connectivity index (χ1v) is 6.50. The number of imidazole rings is 1. The number of anilines is 1. The van der Waals surface area contributed by atoms with Gasteiger partial charge in [-0.05, 0) is 6.92 Å². The lowest BCUT2D eigenvalue weighted by molar-refractivity contribution is -0.136. The molecule has 2 N–H and O–H groups in total. The zero-order valence-corrected chi connectivity index (χ0v) is 12.1. The van der Waals surface area contributed by atoms with E-state index in [1.54, 1.807) is 21.0 Å². The van der Waals surface area contributed by atoms with Gasteiger partial charge in [0, 0.05) is 27.2 Å². The largest absolute Gasteiger partial charge is 0.481 e. The van der Waals surface area contributed by atoms with Gasteiger partial charge in [0.2, 0.25) is 5.95 Å². The highest BCUT2D eigenvalue weighted by atomic mass is 16.4. The predicted molar refractivity (Wildman–Crippen MR) is 76.6 cm³/mol. The summed E-state index contributed by atoms with van der Waals surface area (Å²) < 4.78 is 3.97. The third kappa shape index (κ3) is 2.41. The van der Waals surface area contributed by atoms with Crippen LogP contribution < -0.4 is 16.6 Å². The molecule has 0 aliphatic carbocycles. The van der Waals surface area contributed by atoms with Gasteiger partial charge >= 0.3 is 11.7 Å². The van der Waals surface area contributed by atoms with Gasteiger partial charge in [-0.1, -0.05) is 0 Å². The molecule has 0 aliphatic rings. The highest BCUT2D eigenvalue weighted by Crippen LogP contribution is 2.13. The smallest absolute Gasteiger partial charge is 0.332 e. The van der Waals surface area contributed by atoms with Crippen LogP contribution in [0.5, 0.6) is 0 Å². The standard InChI is InChI=1S/C12H17N5O4/c1-4-17-10(20)8-9(16(3)12(17)21)14-11(15(8)2)13-6-5-7(18)19/h4-6H2,1-3H3,(H,13,14)(H,18,19). The molecular formula is C12H17N5O4. The van der Waals surface area contributed by atoms with Crippen LogP contribution >= 0.6 is 0 Å². The summed E-state index contributed by atoms with van der Waals surface area (Å²) in [5.41, 5.74) is -0.256. The molecule has 0 amide bonds. The molecular weight excluding hydrogens is 278 g/mol. The molecule has 21 heavy (non-hydrogen) atoms. The molecule has 0 spiro atoms. The SMILES string of the molecule is CCn1c(=O)c2c(nc(NCCC(=O)O)n2C)n(C)c1=O. The molecule has 2 aromatic heterocycles. The molecule has 0 aromatic carbocycles. The van der Waals surface area contributed by atoms with Crippen molar-refractivity contribution in [1.29, 1.82) is 0 Å². The second-order valence-corrected chi connectivity index (χ2v) is 4.63. The molecule has 2 heterocycles. The highest BCUT2D eigenvalue weighted by molar-refractivity contribution is 5.74. The average Bonchev–Trinajstić information content (AvgIpc) is 2.74. The van der Waals surface area contributed by atoms with Crippen LogP contribution in [-0.4, -0.2) is 36.3 Å². The Morgan fingerprint density at radius 1 is 1.29 bits per heavy atom. The normalized spacial score (nSPS) is 11.0. The van der Waals surface area contributed by atoms with Crippen molar-refractivity contribution in [3.05, 3.63) is 20.8 Å². The van der Waals surface area contributed by atoms with E-state index >= 15 is 0 Å². The minimum Gasteiger partial charge on any atom is -0.481 e. The fraction of sp³-hybridized carbons (Fsp3) is 0.500. The second-order valence-electron chi connectivity index (χ2n) is 4.63. The van der Waals surface area contributed by atoms with Gasteiger partial charge in [-0.15, -0.1) is 0 Å². The lowest BCUT2D eigenvalue weighted by atomic mass is 10.4. The van der Waals surface area contributed by atoms with Crippen molar-refractivity contribution >= 4 is 23.1 Å². The third-order valence-corrected chi connectivity index (χ3v) is 3.30. The summed E-state index contributed by atoms with van der Waals surface area (Å²) in [5.74, 6) is -0.575. The van der Waals surface area contributed by atoms with Gasteiger partial charge in [-0.2, -0.15) is 4.98 Å². The van der Waals surface area contributed by atoms with Crippen molar-refractivity contribution < 1.29 is 9.90 Å². The van der Waals surface area contributed by atoms with E-state index in [0.29, 0.717) is 11.5 Å². The second kappa shape index (κ2) is 5.43. The van der Waals surface area contributed by atoms with Crippen LogP contribution in [0.2, 0.25) is 0 Å². The van der Waals surface area contributed by atoms with Gasteiger partial charge in [-0.3, -0.25) is 18.7 Å². The summed E-state index contributed by atoms with van der Waals surface area (Å²) in [4.78, 5) is 39.1. The van der Waals surface area contributed by atoms with Crippen LogP contribution in [0.3, 0.4) is 0 Å². The Hall–Kier alpha value is -2.58. The maximum atomic E-state index is 12.3. The third-order valence-electron chi connectivity index (χ3n) is 3.30. The number of rotatable bonds is 5. The minimum absolute atomic E-state index is 0.0681. The Labute approximate surface area is 119 Å². The quantitative estimate of drug-likeness (QED) is 0.757. The first kappa shape index (κ1) is 14.8. The van der Waals surface area contributed by atoms with E-state index in [4.69, 9.17) is 5.11 Å². The number of aliphatic carboxylic acids is 1. The van der Waals surface area contributed by atoms with Gasteiger partial charge in [0.15, 0.2) is 11.2 Å². The number of hydrogen-bond acceptors (Lipinski definition) is 5. The molecule has 0 radical (unpaired) electrons. The molecule has 9 nitrogen and oxygen atoms in total. The minimum atomic E-state index is -0.929. The van der Waals surface area contributed by atoms with Crippen molar-refractivity contribution in [3.63, 3.8) is 0 Å². The van der Waals surface area contributed by atoms with E-state index < -0.39 is 17.2 Å². The molecule has 0 aliphatic heterocycles. The predicted octanol–water partition coefficient (Wildman–Crippen LogP) is -0.660. The van der Waals surface area contributed by atoms with Crippen molar-refractivity contribution in [1.82, 2.24) is 18.7 Å². The Kier molecular flexibility index (Phi) is 3.83. The van der Waals surface area contributed by atoms with Crippen LogP contribution in [0.1, 0.15) is 13.3 Å². The summed E-state index contributed by atoms with van der Waals surface area (Å²) in [7, 11) is 3.19. The number of hydrogen-bond donors (Lipinski definition) is 2. The van der Waals surface area contributed by atoms with E-state index in [9.17, 15) is 14.4 Å². The molecule has 114 valence electrons. The van der Waals surface area contributed by atoms with Gasteiger partial charge in [0.05, 0.1) is 6.42 Å². The van der Waals surface area contributed by atoms with Crippen LogP contribution in [0, 0.1) is 0 Å². The summed E-state index contributed by atoms with van der Waals surface area (Å²) >= 11 is 0. The highest BCUT2D eigenvalue weighted by Gasteiger charge is 2.17. The van der Waals surface area contributed by atoms with Crippen LogP contribution in [0.4, 0.5) is 5.95 Å². The van der Waals surface area contributed by atoms with Gasteiger partial charge in [0.25, 0.3) is 5.56 Å². The van der Waals surface area contributed by atoms with E-state index in [-0.39, 0.29) is 25.2 Å². The summed E-state index contributed by atoms with van der Waals surface area (Å²) in [5, 5.41) is 11.5.